The molecular formula is C20H19F2N3O3. The van der Waals surface area contributed by atoms with E-state index in [0.717, 1.165) is 17.1 Å². The van der Waals surface area contributed by atoms with Gasteiger partial charge in [0, 0.05) is 19.6 Å². The van der Waals surface area contributed by atoms with E-state index in [4.69, 9.17) is 14.2 Å². The molecule has 6 nitrogen and oxygen atoms in total. The lowest BCUT2D eigenvalue weighted by atomic mass is 10.2. The summed E-state index contributed by atoms with van der Waals surface area (Å²) in [5.41, 5.74) is 2.30. The van der Waals surface area contributed by atoms with Gasteiger partial charge in [-0.2, -0.15) is 0 Å². The fraction of sp³-hybridized carbons (Fsp3) is 0.350. The minimum Gasteiger partial charge on any atom is -0.454 e. The van der Waals surface area contributed by atoms with Gasteiger partial charge >= 0.3 is 0 Å². The highest BCUT2D eigenvalue weighted by molar-refractivity contribution is 5.74. The quantitative estimate of drug-likeness (QED) is 0.729. The molecule has 0 saturated carbocycles. The summed E-state index contributed by atoms with van der Waals surface area (Å²) in [5.74, 6) is 1.69. The average Bonchev–Trinajstić information content (AvgIpc) is 3.37. The molecular weight excluding hydrogens is 368 g/mol. The molecule has 5 rings (SSSR count). The Labute approximate surface area is 160 Å². The van der Waals surface area contributed by atoms with Crippen molar-refractivity contribution in [2.45, 2.75) is 25.4 Å². The molecule has 0 radical (unpaired) electrons. The van der Waals surface area contributed by atoms with Gasteiger partial charge in [-0.05, 0) is 35.9 Å². The van der Waals surface area contributed by atoms with E-state index in [9.17, 15) is 8.78 Å². The van der Waals surface area contributed by atoms with Crippen LogP contribution in [0.2, 0.25) is 0 Å². The number of H-pyrrole nitrogens is 1. The lowest BCUT2D eigenvalue weighted by Crippen LogP contribution is -2.24. The maximum atomic E-state index is 14.4. The first-order valence-corrected chi connectivity index (χ1v) is 9.15. The number of aromatic nitrogens is 2. The van der Waals surface area contributed by atoms with Crippen molar-refractivity contribution in [2.24, 2.45) is 0 Å². The molecule has 28 heavy (non-hydrogen) atoms. The minimum absolute atomic E-state index is 0.152. The third kappa shape index (κ3) is 3.41. The second kappa shape index (κ2) is 7.03. The lowest BCUT2D eigenvalue weighted by molar-refractivity contribution is 0.00863. The van der Waals surface area contributed by atoms with Crippen LogP contribution in [0.3, 0.4) is 0 Å². The van der Waals surface area contributed by atoms with Gasteiger partial charge in [-0.1, -0.05) is 6.07 Å². The Hall–Kier alpha value is -2.71. The zero-order valence-electron chi connectivity index (χ0n) is 15.0. The Balaban J connectivity index is 1.19. The van der Waals surface area contributed by atoms with Crippen molar-refractivity contribution in [2.75, 3.05) is 19.9 Å². The van der Waals surface area contributed by atoms with Gasteiger partial charge in [0.25, 0.3) is 0 Å². The number of nitrogens with zero attached hydrogens (tertiary/aromatic N) is 2. The predicted molar refractivity (Wildman–Crippen MR) is 97.4 cm³/mol. The highest BCUT2D eigenvalue weighted by Crippen LogP contribution is 2.33. The van der Waals surface area contributed by atoms with E-state index in [-0.39, 0.29) is 19.2 Å². The maximum Gasteiger partial charge on any atom is 0.231 e. The van der Waals surface area contributed by atoms with Gasteiger partial charge in [-0.3, -0.25) is 4.90 Å². The van der Waals surface area contributed by atoms with E-state index < -0.39 is 12.3 Å². The van der Waals surface area contributed by atoms with E-state index in [1.807, 2.05) is 23.1 Å². The Morgan fingerprint density at radius 3 is 2.96 bits per heavy atom. The SMILES string of the molecule is Fc1ccc2nc(COC3CN(Cc4ccc5c(c4)OCO5)CC3F)[nH]c2c1. The number of halogens is 2. The molecule has 1 saturated heterocycles. The van der Waals surface area contributed by atoms with Crippen LogP contribution < -0.4 is 9.47 Å². The number of hydrogen-bond acceptors (Lipinski definition) is 5. The van der Waals surface area contributed by atoms with Gasteiger partial charge in [-0.25, -0.2) is 13.8 Å². The molecule has 1 N–H and O–H groups in total. The number of ether oxygens (including phenoxy) is 3. The van der Waals surface area contributed by atoms with E-state index in [0.29, 0.717) is 36.5 Å². The average molecular weight is 387 g/mol. The van der Waals surface area contributed by atoms with Crippen LogP contribution in [0.15, 0.2) is 36.4 Å². The standard InChI is InChI=1S/C20H19F2N3O3/c21-13-2-3-15-16(6-13)24-20(23-15)10-26-19-9-25(8-14(19)22)7-12-1-4-17-18(5-12)28-11-27-17/h1-6,14,19H,7-11H2,(H,23,24). The molecule has 2 aliphatic heterocycles. The van der Waals surface area contributed by atoms with Crippen LogP contribution in [0.25, 0.3) is 11.0 Å². The Bertz CT molecular complexity index is 1010. The summed E-state index contributed by atoms with van der Waals surface area (Å²) in [6, 6.07) is 10.1. The van der Waals surface area contributed by atoms with E-state index in [1.165, 1.54) is 12.1 Å². The monoisotopic (exact) mass is 387 g/mol. The molecule has 2 unspecified atom stereocenters. The molecule has 1 aromatic heterocycles. The van der Waals surface area contributed by atoms with Crippen LogP contribution >= 0.6 is 0 Å². The molecule has 3 aromatic rings. The highest BCUT2D eigenvalue weighted by Gasteiger charge is 2.34. The van der Waals surface area contributed by atoms with Crippen LogP contribution in [-0.2, 0) is 17.9 Å². The molecule has 2 atom stereocenters. The summed E-state index contributed by atoms with van der Waals surface area (Å²) in [6.07, 6.45) is -1.60. The predicted octanol–water partition coefficient (Wildman–Crippen LogP) is 3.17. The van der Waals surface area contributed by atoms with Gasteiger partial charge in [0.05, 0.1) is 11.0 Å². The summed E-state index contributed by atoms with van der Waals surface area (Å²) in [7, 11) is 0. The second-order valence-electron chi connectivity index (χ2n) is 7.09. The zero-order chi connectivity index (χ0) is 19.1. The van der Waals surface area contributed by atoms with Crippen LogP contribution in [0.5, 0.6) is 11.5 Å². The third-order valence-corrected chi connectivity index (χ3v) is 5.04. The van der Waals surface area contributed by atoms with Crippen molar-refractivity contribution in [1.82, 2.24) is 14.9 Å². The number of benzene rings is 2. The number of imidazole rings is 1. The number of nitrogens with one attached hydrogen (secondary N) is 1. The van der Waals surface area contributed by atoms with Crippen LogP contribution in [-0.4, -0.2) is 47.0 Å². The highest BCUT2D eigenvalue weighted by atomic mass is 19.1. The molecule has 2 aliphatic rings. The number of alkyl halides is 1. The molecule has 0 amide bonds. The molecule has 0 aliphatic carbocycles. The number of fused-ring (bicyclic) bond motifs is 2. The van der Waals surface area contributed by atoms with Gasteiger partial charge in [0.1, 0.15) is 30.5 Å². The van der Waals surface area contributed by atoms with Gasteiger partial charge < -0.3 is 19.2 Å². The molecule has 8 heteroatoms. The first-order valence-electron chi connectivity index (χ1n) is 9.15. The van der Waals surface area contributed by atoms with Gasteiger partial charge in [0.2, 0.25) is 6.79 Å². The molecule has 146 valence electrons. The summed E-state index contributed by atoms with van der Waals surface area (Å²) < 4.78 is 44.2. The van der Waals surface area contributed by atoms with Crippen molar-refractivity contribution in [3.8, 4) is 11.5 Å². The third-order valence-electron chi connectivity index (χ3n) is 5.04. The minimum atomic E-state index is -1.07. The maximum absolute atomic E-state index is 14.4. The fourth-order valence-electron chi connectivity index (χ4n) is 3.68. The van der Waals surface area contributed by atoms with Crippen molar-refractivity contribution >= 4 is 11.0 Å². The van der Waals surface area contributed by atoms with Crippen molar-refractivity contribution in [1.29, 1.82) is 0 Å². The number of likely N-dealkylation sites (tertiary alicyclic amines) is 1. The first kappa shape index (κ1) is 17.4. The van der Waals surface area contributed by atoms with Gasteiger partial charge in [0.15, 0.2) is 11.5 Å². The summed E-state index contributed by atoms with van der Waals surface area (Å²) in [4.78, 5) is 9.38. The first-order chi connectivity index (χ1) is 13.6. The van der Waals surface area contributed by atoms with Crippen LogP contribution in [0, 0.1) is 5.82 Å². The van der Waals surface area contributed by atoms with E-state index >= 15 is 0 Å². The van der Waals surface area contributed by atoms with Crippen LogP contribution in [0.4, 0.5) is 8.78 Å². The Morgan fingerprint density at radius 1 is 1.14 bits per heavy atom. The van der Waals surface area contributed by atoms with Crippen molar-refractivity contribution in [3.05, 3.63) is 53.6 Å². The summed E-state index contributed by atoms with van der Waals surface area (Å²) >= 11 is 0. The molecule has 0 spiro atoms. The fourth-order valence-corrected chi connectivity index (χ4v) is 3.68. The van der Waals surface area contributed by atoms with E-state index in [2.05, 4.69) is 9.97 Å². The lowest BCUT2D eigenvalue weighted by Gasteiger charge is -2.16. The number of aromatic amines is 1. The molecule has 2 aromatic carbocycles. The molecule has 0 bridgehead atoms. The summed E-state index contributed by atoms with van der Waals surface area (Å²) in [5, 5.41) is 0. The smallest absolute Gasteiger partial charge is 0.231 e. The Morgan fingerprint density at radius 2 is 2.04 bits per heavy atom. The van der Waals surface area contributed by atoms with Gasteiger partial charge in [-0.15, -0.1) is 0 Å². The zero-order valence-corrected chi connectivity index (χ0v) is 15.0. The molecule has 1 fully saturated rings. The Kier molecular flexibility index (Phi) is 4.37. The number of rotatable bonds is 5. The van der Waals surface area contributed by atoms with Crippen molar-refractivity contribution < 1.29 is 23.0 Å². The summed E-state index contributed by atoms with van der Waals surface area (Å²) in [6.45, 7) is 1.80. The van der Waals surface area contributed by atoms with Crippen LogP contribution in [0.1, 0.15) is 11.4 Å². The second-order valence-corrected chi connectivity index (χ2v) is 7.09. The van der Waals surface area contributed by atoms with E-state index in [1.54, 1.807) is 6.07 Å². The van der Waals surface area contributed by atoms with Crippen molar-refractivity contribution in [3.63, 3.8) is 0 Å². The topological polar surface area (TPSA) is 59.6 Å². The largest absolute Gasteiger partial charge is 0.454 e. The number of hydrogen-bond donors (Lipinski definition) is 1. The normalized spacial score (nSPS) is 21.6. The molecule has 3 heterocycles.